The zero-order valence-electron chi connectivity index (χ0n) is 10.7. The van der Waals surface area contributed by atoms with Gasteiger partial charge in [0.2, 0.25) is 0 Å². The second-order valence-electron chi connectivity index (χ2n) is 5.82. The second kappa shape index (κ2) is 6.44. The van der Waals surface area contributed by atoms with E-state index in [9.17, 15) is 0 Å². The summed E-state index contributed by atoms with van der Waals surface area (Å²) in [6.45, 7) is 3.92. The summed E-state index contributed by atoms with van der Waals surface area (Å²) in [5, 5.41) is 2.74. The summed E-state index contributed by atoms with van der Waals surface area (Å²) < 4.78 is 0. The van der Waals surface area contributed by atoms with Crippen molar-refractivity contribution in [2.24, 2.45) is 5.92 Å². The Hall–Kier alpha value is -0.300. The van der Waals surface area contributed by atoms with Crippen LogP contribution in [-0.2, 0) is 0 Å². The van der Waals surface area contributed by atoms with E-state index in [0.29, 0.717) is 0 Å². The molecule has 16 heavy (non-hydrogen) atoms. The van der Waals surface area contributed by atoms with Crippen LogP contribution >= 0.6 is 0 Å². The van der Waals surface area contributed by atoms with Crippen molar-refractivity contribution in [1.29, 1.82) is 0 Å². The number of allylic oxidation sites excluding steroid dienone is 1. The highest BCUT2D eigenvalue weighted by molar-refractivity contribution is 4.81. The van der Waals surface area contributed by atoms with Gasteiger partial charge in [-0.2, -0.15) is 0 Å². The third-order valence-electron chi connectivity index (χ3n) is 4.61. The standard InChI is InChI=1S/C15H27N/c1-2-8-13-9-6-7-12-15(13)16-14-10-4-3-5-11-14/h2,13-16H,1,3-12H2/p+1/t13-,15-/m0/s1. The molecule has 0 unspecified atom stereocenters. The van der Waals surface area contributed by atoms with Gasteiger partial charge in [-0.1, -0.05) is 18.9 Å². The average Bonchev–Trinajstić information content (AvgIpc) is 2.33. The van der Waals surface area contributed by atoms with Gasteiger partial charge in [-0.05, 0) is 51.4 Å². The van der Waals surface area contributed by atoms with Gasteiger partial charge in [-0.3, -0.25) is 0 Å². The Labute approximate surface area is 101 Å². The predicted molar refractivity (Wildman–Crippen MR) is 69.4 cm³/mol. The molecule has 0 heterocycles. The molecule has 92 valence electrons. The molecular formula is C15H28N+. The number of hydrogen-bond donors (Lipinski definition) is 1. The molecule has 2 rings (SSSR count). The van der Waals surface area contributed by atoms with Crippen LogP contribution in [0, 0.1) is 5.92 Å². The molecule has 2 aliphatic rings. The fraction of sp³-hybridized carbons (Fsp3) is 0.867. The van der Waals surface area contributed by atoms with Crippen LogP contribution in [0.1, 0.15) is 64.2 Å². The van der Waals surface area contributed by atoms with Gasteiger partial charge in [0.25, 0.3) is 0 Å². The fourth-order valence-corrected chi connectivity index (χ4v) is 3.67. The molecule has 2 saturated carbocycles. The Balaban J connectivity index is 1.82. The van der Waals surface area contributed by atoms with Crippen molar-refractivity contribution in [2.45, 2.75) is 76.3 Å². The van der Waals surface area contributed by atoms with Gasteiger partial charge in [0.1, 0.15) is 0 Å². The van der Waals surface area contributed by atoms with Gasteiger partial charge in [-0.25, -0.2) is 0 Å². The summed E-state index contributed by atoms with van der Waals surface area (Å²) in [7, 11) is 0. The van der Waals surface area contributed by atoms with Gasteiger partial charge in [0, 0.05) is 5.92 Å². The van der Waals surface area contributed by atoms with E-state index in [1.165, 1.54) is 64.2 Å². The van der Waals surface area contributed by atoms with E-state index in [1.807, 2.05) is 0 Å². The smallest absolute Gasteiger partial charge is 0.0892 e. The van der Waals surface area contributed by atoms with Crippen LogP contribution in [0.4, 0.5) is 0 Å². The minimum atomic E-state index is 0.912. The Morgan fingerprint density at radius 2 is 1.62 bits per heavy atom. The molecule has 0 aromatic rings. The van der Waals surface area contributed by atoms with Crippen molar-refractivity contribution in [3.8, 4) is 0 Å². The number of nitrogens with two attached hydrogens (primary N) is 1. The van der Waals surface area contributed by atoms with E-state index in [-0.39, 0.29) is 0 Å². The highest BCUT2D eigenvalue weighted by atomic mass is 15.0. The van der Waals surface area contributed by atoms with Crippen molar-refractivity contribution in [1.82, 2.24) is 0 Å². The van der Waals surface area contributed by atoms with E-state index >= 15 is 0 Å². The van der Waals surface area contributed by atoms with Crippen molar-refractivity contribution in [2.75, 3.05) is 0 Å². The Morgan fingerprint density at radius 1 is 0.938 bits per heavy atom. The lowest BCUT2D eigenvalue weighted by atomic mass is 9.81. The summed E-state index contributed by atoms with van der Waals surface area (Å²) in [6, 6.07) is 1.86. The first-order chi connectivity index (χ1) is 7.90. The molecule has 0 aromatic carbocycles. The molecule has 2 fully saturated rings. The SMILES string of the molecule is C=CC[C@H]1CCCC[C@@H]1[NH2+]C1CCCCC1. The maximum atomic E-state index is 3.92. The second-order valence-corrected chi connectivity index (χ2v) is 5.82. The van der Waals surface area contributed by atoms with Crippen LogP contribution in [0.5, 0.6) is 0 Å². The molecule has 0 aliphatic heterocycles. The summed E-state index contributed by atoms with van der Waals surface area (Å²) >= 11 is 0. The number of rotatable bonds is 4. The van der Waals surface area contributed by atoms with Gasteiger partial charge in [-0.15, -0.1) is 6.58 Å². The maximum absolute atomic E-state index is 3.92. The quantitative estimate of drug-likeness (QED) is 0.704. The van der Waals surface area contributed by atoms with Crippen LogP contribution in [0.25, 0.3) is 0 Å². The van der Waals surface area contributed by atoms with Crippen molar-refractivity contribution in [3.63, 3.8) is 0 Å². The fourth-order valence-electron chi connectivity index (χ4n) is 3.67. The summed E-state index contributed by atoms with van der Waals surface area (Å²) in [5.41, 5.74) is 0. The van der Waals surface area contributed by atoms with Gasteiger partial charge in [0.05, 0.1) is 12.1 Å². The average molecular weight is 222 g/mol. The summed E-state index contributed by atoms with van der Waals surface area (Å²) in [6.07, 6.45) is 16.6. The van der Waals surface area contributed by atoms with Crippen LogP contribution in [0.15, 0.2) is 12.7 Å². The monoisotopic (exact) mass is 222 g/mol. The van der Waals surface area contributed by atoms with E-state index in [2.05, 4.69) is 18.0 Å². The molecule has 1 heteroatoms. The van der Waals surface area contributed by atoms with Gasteiger partial charge < -0.3 is 5.32 Å². The van der Waals surface area contributed by atoms with E-state index in [0.717, 1.165) is 18.0 Å². The summed E-state index contributed by atoms with van der Waals surface area (Å²) in [5.74, 6) is 0.924. The molecule has 0 spiro atoms. The topological polar surface area (TPSA) is 16.6 Å². The lowest BCUT2D eigenvalue weighted by molar-refractivity contribution is -0.731. The highest BCUT2D eigenvalue weighted by Gasteiger charge is 2.29. The molecule has 0 bridgehead atoms. The Kier molecular flexibility index (Phi) is 4.90. The molecule has 0 saturated heterocycles. The van der Waals surface area contributed by atoms with Crippen LogP contribution < -0.4 is 5.32 Å². The molecular weight excluding hydrogens is 194 g/mol. The van der Waals surface area contributed by atoms with Crippen LogP contribution in [0.3, 0.4) is 0 Å². The third kappa shape index (κ3) is 3.35. The highest BCUT2D eigenvalue weighted by Crippen LogP contribution is 2.26. The van der Waals surface area contributed by atoms with E-state index < -0.39 is 0 Å². The molecule has 0 amide bonds. The van der Waals surface area contributed by atoms with E-state index in [1.54, 1.807) is 0 Å². The number of hydrogen-bond acceptors (Lipinski definition) is 0. The molecule has 0 radical (unpaired) electrons. The Bertz CT molecular complexity index is 205. The maximum Gasteiger partial charge on any atom is 0.0892 e. The lowest BCUT2D eigenvalue weighted by Crippen LogP contribution is -2.96. The predicted octanol–water partition coefficient (Wildman–Crippen LogP) is 3.02. The zero-order chi connectivity index (χ0) is 11.2. The largest absolute Gasteiger partial charge is 0.341 e. The van der Waals surface area contributed by atoms with Crippen molar-refractivity contribution >= 4 is 0 Å². The van der Waals surface area contributed by atoms with Crippen LogP contribution in [0.2, 0.25) is 0 Å². The molecule has 2 N–H and O–H groups in total. The first-order valence-corrected chi connectivity index (χ1v) is 7.36. The molecule has 0 aromatic heterocycles. The molecule has 1 nitrogen and oxygen atoms in total. The lowest BCUT2D eigenvalue weighted by Gasteiger charge is -2.33. The van der Waals surface area contributed by atoms with Gasteiger partial charge >= 0.3 is 0 Å². The Morgan fingerprint density at radius 3 is 2.38 bits per heavy atom. The normalized spacial score (nSPS) is 32.5. The minimum absolute atomic E-state index is 0.912. The third-order valence-corrected chi connectivity index (χ3v) is 4.61. The molecule has 2 aliphatic carbocycles. The van der Waals surface area contributed by atoms with Gasteiger partial charge in [0.15, 0.2) is 0 Å². The van der Waals surface area contributed by atoms with Crippen molar-refractivity contribution < 1.29 is 5.32 Å². The zero-order valence-corrected chi connectivity index (χ0v) is 10.7. The minimum Gasteiger partial charge on any atom is -0.341 e. The molecule has 2 atom stereocenters. The first-order valence-electron chi connectivity index (χ1n) is 7.36. The first kappa shape index (κ1) is 12.2. The summed E-state index contributed by atoms with van der Waals surface area (Å²) in [4.78, 5) is 0. The van der Waals surface area contributed by atoms with E-state index in [4.69, 9.17) is 0 Å². The van der Waals surface area contributed by atoms with Crippen molar-refractivity contribution in [3.05, 3.63) is 12.7 Å². The van der Waals surface area contributed by atoms with Crippen LogP contribution in [-0.4, -0.2) is 12.1 Å². The number of quaternary nitrogens is 1.